The SMILES string of the molecule is O=C(CCCN1CCC(C(O)c2cccc3ccccc23)CC1)c1ccc(F)cc1. The molecule has 0 bridgehead atoms. The summed E-state index contributed by atoms with van der Waals surface area (Å²) in [6.07, 6.45) is 2.74. The predicted octanol–water partition coefficient (Wildman–Crippen LogP) is 5.39. The van der Waals surface area contributed by atoms with Gasteiger partial charge in [0.2, 0.25) is 0 Å². The summed E-state index contributed by atoms with van der Waals surface area (Å²) in [5.41, 5.74) is 1.60. The molecule has 1 aliphatic heterocycles. The van der Waals surface area contributed by atoms with E-state index in [1.165, 1.54) is 12.1 Å². The van der Waals surface area contributed by atoms with E-state index in [9.17, 15) is 14.3 Å². The van der Waals surface area contributed by atoms with Gasteiger partial charge in [0.1, 0.15) is 5.82 Å². The van der Waals surface area contributed by atoms with Crippen molar-refractivity contribution in [3.05, 3.63) is 83.7 Å². The number of aliphatic hydroxyl groups excluding tert-OH is 1. The van der Waals surface area contributed by atoms with Gasteiger partial charge in [-0.1, -0.05) is 42.5 Å². The first kappa shape index (κ1) is 20.7. The van der Waals surface area contributed by atoms with E-state index in [0.29, 0.717) is 12.0 Å². The molecule has 0 amide bonds. The molecule has 0 radical (unpaired) electrons. The number of carbonyl (C=O) groups excluding carboxylic acids is 1. The largest absolute Gasteiger partial charge is 0.388 e. The number of piperidine rings is 1. The average molecular weight is 406 g/mol. The van der Waals surface area contributed by atoms with E-state index >= 15 is 0 Å². The van der Waals surface area contributed by atoms with Gasteiger partial charge in [-0.2, -0.15) is 0 Å². The third kappa shape index (κ3) is 4.77. The molecule has 0 aromatic heterocycles. The Morgan fingerprint density at radius 2 is 1.70 bits per heavy atom. The van der Waals surface area contributed by atoms with Crippen molar-refractivity contribution in [2.75, 3.05) is 19.6 Å². The van der Waals surface area contributed by atoms with Gasteiger partial charge in [-0.25, -0.2) is 4.39 Å². The molecule has 0 saturated carbocycles. The summed E-state index contributed by atoms with van der Waals surface area (Å²) in [7, 11) is 0. The molecule has 1 atom stereocenters. The normalized spacial score (nSPS) is 16.6. The number of hydrogen-bond donors (Lipinski definition) is 1. The highest BCUT2D eigenvalue weighted by atomic mass is 19.1. The maximum atomic E-state index is 13.0. The molecular weight excluding hydrogens is 377 g/mol. The van der Waals surface area contributed by atoms with Gasteiger partial charge in [0.25, 0.3) is 0 Å². The molecule has 1 fully saturated rings. The summed E-state index contributed by atoms with van der Waals surface area (Å²) in [5, 5.41) is 13.3. The van der Waals surface area contributed by atoms with Crippen LogP contribution in [0.4, 0.5) is 4.39 Å². The lowest BCUT2D eigenvalue weighted by molar-refractivity contribution is 0.0592. The van der Waals surface area contributed by atoms with E-state index < -0.39 is 6.10 Å². The second-order valence-electron chi connectivity index (χ2n) is 8.23. The van der Waals surface area contributed by atoms with E-state index in [2.05, 4.69) is 23.1 Å². The topological polar surface area (TPSA) is 40.5 Å². The van der Waals surface area contributed by atoms with Crippen LogP contribution < -0.4 is 0 Å². The summed E-state index contributed by atoms with van der Waals surface area (Å²) in [6.45, 7) is 2.76. The van der Waals surface area contributed by atoms with Crippen molar-refractivity contribution < 1.29 is 14.3 Å². The highest BCUT2D eigenvalue weighted by Gasteiger charge is 2.27. The predicted molar refractivity (Wildman–Crippen MR) is 118 cm³/mol. The first-order valence-electron chi connectivity index (χ1n) is 10.8. The number of ketones is 1. The monoisotopic (exact) mass is 405 g/mol. The van der Waals surface area contributed by atoms with E-state index in [4.69, 9.17) is 0 Å². The third-order valence-corrected chi connectivity index (χ3v) is 6.27. The second kappa shape index (κ2) is 9.50. The molecule has 3 nitrogen and oxygen atoms in total. The van der Waals surface area contributed by atoms with Crippen molar-refractivity contribution in [1.82, 2.24) is 4.90 Å². The number of halogens is 1. The van der Waals surface area contributed by atoms with Gasteiger partial charge in [0.15, 0.2) is 5.78 Å². The quantitative estimate of drug-likeness (QED) is 0.536. The molecule has 1 aliphatic rings. The summed E-state index contributed by atoms with van der Waals surface area (Å²) in [5.74, 6) is 0.00396. The lowest BCUT2D eigenvalue weighted by Crippen LogP contribution is -2.36. The minimum atomic E-state index is -0.446. The Balaban J connectivity index is 1.26. The Morgan fingerprint density at radius 1 is 1.00 bits per heavy atom. The zero-order chi connectivity index (χ0) is 20.9. The van der Waals surface area contributed by atoms with Crippen molar-refractivity contribution in [2.45, 2.75) is 31.8 Å². The van der Waals surface area contributed by atoms with Crippen molar-refractivity contribution in [2.24, 2.45) is 5.92 Å². The first-order valence-corrected chi connectivity index (χ1v) is 10.8. The molecule has 156 valence electrons. The van der Waals surface area contributed by atoms with Crippen LogP contribution in [-0.4, -0.2) is 35.4 Å². The van der Waals surface area contributed by atoms with Crippen LogP contribution in [-0.2, 0) is 0 Å². The molecule has 3 aromatic carbocycles. The fourth-order valence-electron chi connectivity index (χ4n) is 4.50. The van der Waals surface area contributed by atoms with Crippen LogP contribution in [0, 0.1) is 11.7 Å². The van der Waals surface area contributed by atoms with E-state index in [0.717, 1.165) is 55.2 Å². The molecule has 1 heterocycles. The number of fused-ring (bicyclic) bond motifs is 1. The van der Waals surface area contributed by atoms with E-state index in [-0.39, 0.29) is 17.5 Å². The summed E-state index contributed by atoms with van der Waals surface area (Å²) >= 11 is 0. The zero-order valence-electron chi connectivity index (χ0n) is 17.1. The van der Waals surface area contributed by atoms with E-state index in [1.54, 1.807) is 12.1 Å². The fourth-order valence-corrected chi connectivity index (χ4v) is 4.50. The molecule has 3 aromatic rings. The van der Waals surface area contributed by atoms with Gasteiger partial charge in [-0.3, -0.25) is 4.79 Å². The summed E-state index contributed by atoms with van der Waals surface area (Å²) in [4.78, 5) is 14.6. The lowest BCUT2D eigenvalue weighted by Gasteiger charge is -2.34. The molecule has 1 saturated heterocycles. The van der Waals surface area contributed by atoms with Crippen LogP contribution in [0.15, 0.2) is 66.7 Å². The number of likely N-dealkylation sites (tertiary alicyclic amines) is 1. The van der Waals surface area contributed by atoms with Gasteiger partial charge in [-0.05, 0) is 85.4 Å². The van der Waals surface area contributed by atoms with Crippen LogP contribution in [0.25, 0.3) is 10.8 Å². The van der Waals surface area contributed by atoms with Crippen molar-refractivity contribution >= 4 is 16.6 Å². The second-order valence-corrected chi connectivity index (χ2v) is 8.23. The highest BCUT2D eigenvalue weighted by molar-refractivity contribution is 5.95. The smallest absolute Gasteiger partial charge is 0.162 e. The van der Waals surface area contributed by atoms with Crippen LogP contribution >= 0.6 is 0 Å². The number of hydrogen-bond acceptors (Lipinski definition) is 3. The minimum absolute atomic E-state index is 0.0660. The van der Waals surface area contributed by atoms with E-state index in [1.807, 2.05) is 24.3 Å². The molecule has 4 rings (SSSR count). The maximum absolute atomic E-state index is 13.0. The lowest BCUT2D eigenvalue weighted by atomic mass is 9.85. The van der Waals surface area contributed by atoms with Gasteiger partial charge in [0.05, 0.1) is 6.10 Å². The molecule has 0 spiro atoms. The van der Waals surface area contributed by atoms with Gasteiger partial charge < -0.3 is 10.0 Å². The Hall–Kier alpha value is -2.56. The number of Topliss-reactive ketones (excluding diaryl/α,β-unsaturated/α-hetero) is 1. The van der Waals surface area contributed by atoms with Crippen molar-refractivity contribution in [3.63, 3.8) is 0 Å². The number of carbonyl (C=O) groups is 1. The highest BCUT2D eigenvalue weighted by Crippen LogP contribution is 2.34. The van der Waals surface area contributed by atoms with Gasteiger partial charge in [0, 0.05) is 12.0 Å². The third-order valence-electron chi connectivity index (χ3n) is 6.27. The van der Waals surface area contributed by atoms with Crippen LogP contribution in [0.3, 0.4) is 0 Å². The Kier molecular flexibility index (Phi) is 6.56. The van der Waals surface area contributed by atoms with Crippen LogP contribution in [0.1, 0.15) is 47.7 Å². The minimum Gasteiger partial charge on any atom is -0.388 e. The summed E-state index contributed by atoms with van der Waals surface area (Å²) < 4.78 is 13.0. The first-order chi connectivity index (χ1) is 14.6. The molecule has 1 N–H and O–H groups in total. The van der Waals surface area contributed by atoms with Crippen LogP contribution in [0.5, 0.6) is 0 Å². The Bertz CT molecular complexity index is 988. The number of aliphatic hydroxyl groups is 1. The Morgan fingerprint density at radius 3 is 2.47 bits per heavy atom. The Labute approximate surface area is 177 Å². The molecular formula is C26H28FNO2. The molecule has 4 heteroatoms. The standard InChI is InChI=1S/C26H28FNO2/c27-22-12-10-20(11-13-22)25(29)9-4-16-28-17-14-21(15-18-28)26(30)24-8-3-6-19-5-1-2-7-23(19)24/h1-3,5-8,10-13,21,26,30H,4,9,14-18H2. The van der Waals surface area contributed by atoms with Gasteiger partial charge in [-0.15, -0.1) is 0 Å². The molecule has 0 aliphatic carbocycles. The molecule has 1 unspecified atom stereocenters. The summed E-state index contributed by atoms with van der Waals surface area (Å²) in [6, 6.07) is 20.1. The fraction of sp³-hybridized carbons (Fsp3) is 0.346. The van der Waals surface area contributed by atoms with Crippen molar-refractivity contribution in [1.29, 1.82) is 0 Å². The van der Waals surface area contributed by atoms with Gasteiger partial charge >= 0.3 is 0 Å². The number of rotatable bonds is 7. The molecule has 30 heavy (non-hydrogen) atoms. The van der Waals surface area contributed by atoms with Crippen molar-refractivity contribution in [3.8, 4) is 0 Å². The average Bonchev–Trinajstić information content (AvgIpc) is 2.79. The van der Waals surface area contributed by atoms with Crippen LogP contribution in [0.2, 0.25) is 0 Å². The number of benzene rings is 3. The maximum Gasteiger partial charge on any atom is 0.162 e. The number of nitrogens with zero attached hydrogens (tertiary/aromatic N) is 1. The zero-order valence-corrected chi connectivity index (χ0v) is 17.1.